The summed E-state index contributed by atoms with van der Waals surface area (Å²) in [6.45, 7) is 0.661. The van der Waals surface area contributed by atoms with Crippen LogP contribution in [0.2, 0.25) is 0 Å². The van der Waals surface area contributed by atoms with Gasteiger partial charge in [0.2, 0.25) is 0 Å². The number of fused-ring (bicyclic) bond motifs is 1. The van der Waals surface area contributed by atoms with E-state index < -0.39 is 0 Å². The Labute approximate surface area is 121 Å². The van der Waals surface area contributed by atoms with Gasteiger partial charge in [0.05, 0.1) is 30.2 Å². The average molecular weight is 286 g/mol. The molecule has 0 spiro atoms. The van der Waals surface area contributed by atoms with Crippen molar-refractivity contribution in [3.8, 4) is 6.07 Å². The van der Waals surface area contributed by atoms with Gasteiger partial charge in [-0.3, -0.25) is 0 Å². The number of para-hydroxylation sites is 1. The number of aromatic nitrogens is 2. The summed E-state index contributed by atoms with van der Waals surface area (Å²) >= 11 is 5.85. The van der Waals surface area contributed by atoms with E-state index in [0.29, 0.717) is 24.4 Å². The van der Waals surface area contributed by atoms with Gasteiger partial charge in [0.15, 0.2) is 0 Å². The highest BCUT2D eigenvalue weighted by Crippen LogP contribution is 2.22. The van der Waals surface area contributed by atoms with E-state index in [-0.39, 0.29) is 0 Å². The highest BCUT2D eigenvalue weighted by atomic mass is 35.5. The molecule has 0 aliphatic heterocycles. The Morgan fingerprint density at radius 3 is 2.95 bits per heavy atom. The first-order valence-corrected chi connectivity index (χ1v) is 6.82. The monoisotopic (exact) mass is 285 g/mol. The summed E-state index contributed by atoms with van der Waals surface area (Å²) in [6, 6.07) is 9.73. The van der Waals surface area contributed by atoms with E-state index in [1.165, 1.54) is 0 Å². The van der Waals surface area contributed by atoms with Gasteiger partial charge in [-0.1, -0.05) is 6.07 Å². The van der Waals surface area contributed by atoms with Gasteiger partial charge in [0.1, 0.15) is 17.4 Å². The highest BCUT2D eigenvalue weighted by Gasteiger charge is 2.13. The second kappa shape index (κ2) is 5.40. The van der Waals surface area contributed by atoms with E-state index >= 15 is 0 Å². The van der Waals surface area contributed by atoms with Crippen LogP contribution in [0.15, 0.2) is 41.2 Å². The van der Waals surface area contributed by atoms with Crippen molar-refractivity contribution in [1.29, 1.82) is 5.26 Å². The number of halogens is 1. The molecule has 5 heteroatoms. The molecule has 2 aromatic heterocycles. The van der Waals surface area contributed by atoms with Crippen LogP contribution in [0.25, 0.3) is 11.0 Å². The molecule has 2 heterocycles. The van der Waals surface area contributed by atoms with E-state index in [2.05, 4.69) is 15.6 Å². The number of furan rings is 1. The maximum absolute atomic E-state index is 9.18. The Balaban J connectivity index is 2.17. The second-order valence-electron chi connectivity index (χ2n) is 4.47. The number of hydrogen-bond donors (Lipinski definition) is 0. The fraction of sp³-hybridized carbons (Fsp3) is 0.200. The molecule has 0 unspecified atom stereocenters. The molecule has 0 radical (unpaired) electrons. The molecule has 0 N–H and O–H groups in total. The quantitative estimate of drug-likeness (QED) is 0.691. The Morgan fingerprint density at radius 2 is 2.25 bits per heavy atom. The molecule has 0 aliphatic rings. The third kappa shape index (κ3) is 2.17. The zero-order chi connectivity index (χ0) is 13.9. The van der Waals surface area contributed by atoms with Gasteiger partial charge in [-0.2, -0.15) is 5.26 Å². The summed E-state index contributed by atoms with van der Waals surface area (Å²) in [6.07, 6.45) is 4.03. The van der Waals surface area contributed by atoms with Gasteiger partial charge in [0.25, 0.3) is 0 Å². The largest absolute Gasteiger partial charge is 0.472 e. The number of imidazole rings is 1. The third-order valence-electron chi connectivity index (χ3n) is 3.22. The van der Waals surface area contributed by atoms with Crippen LogP contribution in [0.5, 0.6) is 0 Å². The highest BCUT2D eigenvalue weighted by molar-refractivity contribution is 6.17. The fourth-order valence-corrected chi connectivity index (χ4v) is 2.47. The van der Waals surface area contributed by atoms with Gasteiger partial charge >= 0.3 is 0 Å². The maximum Gasteiger partial charge on any atom is 0.111 e. The molecule has 3 aromatic rings. The standard InChI is InChI=1S/C15H12ClN3O/c16-6-4-14-18-15-12(8-17)2-1-3-13(15)19(14)9-11-5-7-20-10-11/h1-3,5,7,10H,4,6,9H2. The van der Waals surface area contributed by atoms with Gasteiger partial charge in [-0.15, -0.1) is 11.6 Å². The van der Waals surface area contributed by atoms with E-state index in [9.17, 15) is 5.26 Å². The van der Waals surface area contributed by atoms with Crippen molar-refractivity contribution >= 4 is 22.6 Å². The van der Waals surface area contributed by atoms with Crippen LogP contribution in [0, 0.1) is 11.3 Å². The zero-order valence-corrected chi connectivity index (χ0v) is 11.5. The number of alkyl halides is 1. The van der Waals surface area contributed by atoms with Crippen molar-refractivity contribution in [2.45, 2.75) is 13.0 Å². The molecule has 1 aromatic carbocycles. The van der Waals surface area contributed by atoms with E-state index in [1.807, 2.05) is 18.2 Å². The van der Waals surface area contributed by atoms with Gasteiger partial charge in [-0.05, 0) is 18.2 Å². The number of benzene rings is 1. The predicted octanol–water partition coefficient (Wildman–Crippen LogP) is 3.33. The Morgan fingerprint density at radius 1 is 1.35 bits per heavy atom. The van der Waals surface area contributed by atoms with E-state index in [0.717, 1.165) is 22.4 Å². The van der Waals surface area contributed by atoms with Crippen LogP contribution in [-0.2, 0) is 13.0 Å². The third-order valence-corrected chi connectivity index (χ3v) is 3.41. The lowest BCUT2D eigenvalue weighted by Gasteiger charge is -2.06. The SMILES string of the molecule is N#Cc1cccc2c1nc(CCCl)n2Cc1ccoc1. The normalized spacial score (nSPS) is 10.8. The molecule has 0 saturated heterocycles. The molecule has 20 heavy (non-hydrogen) atoms. The molecule has 0 bridgehead atoms. The van der Waals surface area contributed by atoms with Crippen molar-refractivity contribution in [1.82, 2.24) is 9.55 Å². The van der Waals surface area contributed by atoms with E-state index in [4.69, 9.17) is 16.0 Å². The van der Waals surface area contributed by atoms with Crippen LogP contribution in [0.4, 0.5) is 0 Å². The van der Waals surface area contributed by atoms with Gasteiger partial charge < -0.3 is 8.98 Å². The molecule has 3 rings (SSSR count). The lowest BCUT2D eigenvalue weighted by molar-refractivity contribution is 0.562. The Bertz CT molecular complexity index is 768. The Kier molecular flexibility index (Phi) is 3.44. The Hall–Kier alpha value is -2.25. The molecule has 0 fully saturated rings. The first-order valence-electron chi connectivity index (χ1n) is 6.28. The molecule has 0 atom stereocenters. The summed E-state index contributed by atoms with van der Waals surface area (Å²) in [4.78, 5) is 4.58. The smallest absolute Gasteiger partial charge is 0.111 e. The van der Waals surface area contributed by atoms with Crippen molar-refractivity contribution in [2.75, 3.05) is 5.88 Å². The van der Waals surface area contributed by atoms with Crippen molar-refractivity contribution in [3.63, 3.8) is 0 Å². The summed E-state index contributed by atoms with van der Waals surface area (Å²) < 4.78 is 7.19. The number of hydrogen-bond acceptors (Lipinski definition) is 3. The molecule has 100 valence electrons. The second-order valence-corrected chi connectivity index (χ2v) is 4.85. The summed E-state index contributed by atoms with van der Waals surface area (Å²) in [7, 11) is 0. The number of aryl methyl sites for hydroxylation is 1. The van der Waals surface area contributed by atoms with Crippen LogP contribution < -0.4 is 0 Å². The lowest BCUT2D eigenvalue weighted by atomic mass is 10.2. The van der Waals surface area contributed by atoms with Gasteiger partial charge in [0, 0.05) is 17.9 Å². The van der Waals surface area contributed by atoms with Crippen LogP contribution in [0.1, 0.15) is 17.0 Å². The first kappa shape index (κ1) is 12.8. The van der Waals surface area contributed by atoms with Gasteiger partial charge in [-0.25, -0.2) is 4.98 Å². The molecule has 0 saturated carbocycles. The zero-order valence-electron chi connectivity index (χ0n) is 10.7. The minimum Gasteiger partial charge on any atom is -0.472 e. The van der Waals surface area contributed by atoms with Crippen LogP contribution >= 0.6 is 11.6 Å². The minimum atomic E-state index is 0.497. The molecule has 4 nitrogen and oxygen atoms in total. The number of nitrogens with zero attached hydrogens (tertiary/aromatic N) is 3. The molecule has 0 aliphatic carbocycles. The van der Waals surface area contributed by atoms with E-state index in [1.54, 1.807) is 18.6 Å². The predicted molar refractivity (Wildman–Crippen MR) is 76.7 cm³/mol. The average Bonchev–Trinajstić information content (AvgIpc) is 3.08. The van der Waals surface area contributed by atoms with Crippen molar-refractivity contribution in [3.05, 3.63) is 53.7 Å². The fourth-order valence-electron chi connectivity index (χ4n) is 2.30. The first-order chi connectivity index (χ1) is 9.83. The lowest BCUT2D eigenvalue weighted by Crippen LogP contribution is -2.05. The minimum absolute atomic E-state index is 0.497. The summed E-state index contributed by atoms with van der Waals surface area (Å²) in [5.74, 6) is 1.38. The van der Waals surface area contributed by atoms with Crippen molar-refractivity contribution < 1.29 is 4.42 Å². The number of nitriles is 1. The summed E-state index contributed by atoms with van der Waals surface area (Å²) in [5.41, 5.74) is 3.33. The van der Waals surface area contributed by atoms with Crippen molar-refractivity contribution in [2.24, 2.45) is 0 Å². The van der Waals surface area contributed by atoms with Crippen LogP contribution in [-0.4, -0.2) is 15.4 Å². The maximum atomic E-state index is 9.18. The summed E-state index contributed by atoms with van der Waals surface area (Å²) in [5, 5.41) is 9.18. The topological polar surface area (TPSA) is 54.8 Å². The molecule has 0 amide bonds. The molecular weight excluding hydrogens is 274 g/mol. The molecular formula is C15H12ClN3O. The van der Waals surface area contributed by atoms with Crippen LogP contribution in [0.3, 0.4) is 0 Å². The number of rotatable bonds is 4.